The van der Waals surface area contributed by atoms with E-state index >= 15 is 0 Å². The summed E-state index contributed by atoms with van der Waals surface area (Å²) in [6, 6.07) is 9.51. The molecular formula is C18H18FN3O3S. The highest BCUT2D eigenvalue weighted by atomic mass is 32.1. The van der Waals surface area contributed by atoms with Crippen LogP contribution in [0.3, 0.4) is 0 Å². The number of ketones is 1. The lowest BCUT2D eigenvalue weighted by Crippen LogP contribution is -2.51. The number of hydrogen-bond donors (Lipinski definition) is 1. The van der Waals surface area contributed by atoms with Crippen LogP contribution in [0, 0.1) is 5.82 Å². The van der Waals surface area contributed by atoms with Crippen molar-refractivity contribution in [2.45, 2.75) is 0 Å². The Morgan fingerprint density at radius 2 is 1.73 bits per heavy atom. The molecule has 1 saturated heterocycles. The van der Waals surface area contributed by atoms with Gasteiger partial charge in [-0.05, 0) is 35.7 Å². The third-order valence-corrected chi connectivity index (χ3v) is 5.04. The molecule has 1 aromatic carbocycles. The number of anilines is 1. The topological polar surface area (TPSA) is 69.7 Å². The molecule has 1 aliphatic rings. The van der Waals surface area contributed by atoms with Gasteiger partial charge in [-0.1, -0.05) is 6.07 Å². The number of piperazine rings is 1. The third kappa shape index (κ3) is 4.26. The molecule has 1 N–H and O–H groups in total. The first kappa shape index (κ1) is 18.1. The number of amides is 2. The number of carbonyl (C=O) groups is 3. The first-order valence-electron chi connectivity index (χ1n) is 8.19. The molecule has 2 heterocycles. The quantitative estimate of drug-likeness (QED) is 0.636. The van der Waals surface area contributed by atoms with Gasteiger partial charge in [0.05, 0.1) is 11.4 Å². The largest absolute Gasteiger partial charge is 0.368 e. The molecule has 1 fully saturated rings. The first-order chi connectivity index (χ1) is 12.5. The van der Waals surface area contributed by atoms with Gasteiger partial charge in [0.2, 0.25) is 5.91 Å². The predicted molar refractivity (Wildman–Crippen MR) is 96.9 cm³/mol. The second kappa shape index (κ2) is 8.09. The van der Waals surface area contributed by atoms with E-state index in [0.717, 1.165) is 5.69 Å². The minimum atomic E-state index is -0.772. The number of halogens is 1. The summed E-state index contributed by atoms with van der Waals surface area (Å²) in [6.45, 7) is 2.06. The molecule has 26 heavy (non-hydrogen) atoms. The zero-order valence-corrected chi connectivity index (χ0v) is 14.8. The van der Waals surface area contributed by atoms with E-state index in [1.807, 2.05) is 0 Å². The van der Waals surface area contributed by atoms with Crippen LogP contribution in [0.1, 0.15) is 9.67 Å². The zero-order chi connectivity index (χ0) is 18.5. The van der Waals surface area contributed by atoms with Crippen LogP contribution in [0.5, 0.6) is 0 Å². The number of Topliss-reactive ketones (excluding diaryl/α,β-unsaturated/α-hetero) is 1. The average Bonchev–Trinajstić information content (AvgIpc) is 3.20. The van der Waals surface area contributed by atoms with Gasteiger partial charge in [-0.15, -0.1) is 11.3 Å². The third-order valence-electron chi connectivity index (χ3n) is 4.18. The van der Waals surface area contributed by atoms with Crippen molar-refractivity contribution in [3.63, 3.8) is 0 Å². The Balaban J connectivity index is 1.45. The molecule has 0 saturated carbocycles. The van der Waals surface area contributed by atoms with Gasteiger partial charge >= 0.3 is 0 Å². The van der Waals surface area contributed by atoms with Crippen LogP contribution in [0.25, 0.3) is 0 Å². The van der Waals surface area contributed by atoms with Crippen LogP contribution in [0.2, 0.25) is 0 Å². The van der Waals surface area contributed by atoms with E-state index < -0.39 is 11.7 Å². The van der Waals surface area contributed by atoms with Gasteiger partial charge in [0.1, 0.15) is 5.82 Å². The van der Waals surface area contributed by atoms with Gasteiger partial charge in [0, 0.05) is 31.9 Å². The Bertz CT molecular complexity index is 785. The Kier molecular flexibility index (Phi) is 5.62. The van der Waals surface area contributed by atoms with Crippen molar-refractivity contribution in [1.29, 1.82) is 0 Å². The van der Waals surface area contributed by atoms with E-state index in [2.05, 4.69) is 10.2 Å². The van der Waals surface area contributed by atoms with Crippen LogP contribution in [0.4, 0.5) is 10.1 Å². The maximum absolute atomic E-state index is 13.0. The summed E-state index contributed by atoms with van der Waals surface area (Å²) in [4.78, 5) is 40.0. The van der Waals surface area contributed by atoms with Crippen LogP contribution in [-0.2, 0) is 9.59 Å². The Labute approximate surface area is 154 Å². The van der Waals surface area contributed by atoms with Crippen molar-refractivity contribution < 1.29 is 18.8 Å². The predicted octanol–water partition coefficient (Wildman–Crippen LogP) is 1.53. The van der Waals surface area contributed by atoms with E-state index in [-0.39, 0.29) is 18.3 Å². The fourth-order valence-electron chi connectivity index (χ4n) is 2.73. The van der Waals surface area contributed by atoms with E-state index in [0.29, 0.717) is 31.1 Å². The number of nitrogens with one attached hydrogen (secondary N) is 1. The Hall–Kier alpha value is -2.74. The van der Waals surface area contributed by atoms with Crippen LogP contribution in [-0.4, -0.2) is 55.2 Å². The second-order valence-electron chi connectivity index (χ2n) is 5.83. The van der Waals surface area contributed by atoms with Crippen molar-refractivity contribution in [3.05, 3.63) is 52.5 Å². The average molecular weight is 375 g/mol. The van der Waals surface area contributed by atoms with Gasteiger partial charge in [0.25, 0.3) is 11.7 Å². The van der Waals surface area contributed by atoms with Gasteiger partial charge < -0.3 is 15.1 Å². The summed E-state index contributed by atoms with van der Waals surface area (Å²) in [6.07, 6.45) is 0. The molecule has 3 rings (SSSR count). The smallest absolute Gasteiger partial charge is 0.293 e. The molecule has 1 aromatic heterocycles. The highest BCUT2D eigenvalue weighted by Gasteiger charge is 2.23. The standard InChI is InChI=1S/C18H18FN3O3S/c19-13-3-5-14(6-4-13)21-7-9-22(10-8-21)16(23)12-20-18(25)17(24)15-2-1-11-26-15/h1-6,11H,7-10,12H2,(H,20,25). The van der Waals surface area contributed by atoms with Gasteiger partial charge in [-0.3, -0.25) is 14.4 Å². The molecule has 0 unspecified atom stereocenters. The highest BCUT2D eigenvalue weighted by molar-refractivity contribution is 7.13. The second-order valence-corrected chi connectivity index (χ2v) is 6.78. The fourth-order valence-corrected chi connectivity index (χ4v) is 3.39. The van der Waals surface area contributed by atoms with Crippen molar-refractivity contribution in [3.8, 4) is 0 Å². The number of nitrogens with zero attached hydrogens (tertiary/aromatic N) is 2. The lowest BCUT2D eigenvalue weighted by molar-refractivity contribution is -0.132. The molecule has 136 valence electrons. The molecule has 0 bridgehead atoms. The molecule has 0 spiro atoms. The van der Waals surface area contributed by atoms with Gasteiger partial charge in [0.15, 0.2) is 0 Å². The van der Waals surface area contributed by atoms with E-state index in [1.54, 1.807) is 34.5 Å². The lowest BCUT2D eigenvalue weighted by atomic mass is 10.2. The molecular weight excluding hydrogens is 357 g/mol. The van der Waals surface area contributed by atoms with Gasteiger partial charge in [-0.25, -0.2) is 4.39 Å². The molecule has 2 aromatic rings. The summed E-state index contributed by atoms with van der Waals surface area (Å²) in [5.41, 5.74) is 0.911. The summed E-state index contributed by atoms with van der Waals surface area (Å²) in [5.74, 6) is -1.91. The van der Waals surface area contributed by atoms with Gasteiger partial charge in [-0.2, -0.15) is 0 Å². The maximum Gasteiger partial charge on any atom is 0.293 e. The normalized spacial score (nSPS) is 14.2. The number of carbonyl (C=O) groups excluding carboxylic acids is 3. The SMILES string of the molecule is O=C(NCC(=O)N1CCN(c2ccc(F)cc2)CC1)C(=O)c1cccs1. The first-order valence-corrected chi connectivity index (χ1v) is 9.07. The molecule has 8 heteroatoms. The lowest BCUT2D eigenvalue weighted by Gasteiger charge is -2.36. The molecule has 0 radical (unpaired) electrons. The molecule has 0 aliphatic carbocycles. The summed E-state index contributed by atoms with van der Waals surface area (Å²) in [7, 11) is 0. The number of rotatable bonds is 5. The molecule has 6 nitrogen and oxygen atoms in total. The van der Waals surface area contributed by atoms with Crippen LogP contribution in [0.15, 0.2) is 41.8 Å². The fraction of sp³-hybridized carbons (Fsp3) is 0.278. The van der Waals surface area contributed by atoms with Crippen LogP contribution < -0.4 is 10.2 Å². The highest BCUT2D eigenvalue weighted by Crippen LogP contribution is 2.17. The zero-order valence-electron chi connectivity index (χ0n) is 14.0. The maximum atomic E-state index is 13.0. The van der Waals surface area contributed by atoms with Crippen LogP contribution >= 0.6 is 11.3 Å². The van der Waals surface area contributed by atoms with E-state index in [4.69, 9.17) is 0 Å². The van der Waals surface area contributed by atoms with E-state index in [1.165, 1.54) is 23.5 Å². The summed E-state index contributed by atoms with van der Waals surface area (Å²) in [5, 5.41) is 4.10. The minimum Gasteiger partial charge on any atom is -0.368 e. The van der Waals surface area contributed by atoms with Crippen molar-refractivity contribution in [2.75, 3.05) is 37.6 Å². The monoisotopic (exact) mass is 375 g/mol. The summed E-state index contributed by atoms with van der Waals surface area (Å²) < 4.78 is 13.0. The van der Waals surface area contributed by atoms with Crippen molar-refractivity contribution in [1.82, 2.24) is 10.2 Å². The minimum absolute atomic E-state index is 0.202. The Morgan fingerprint density at radius 3 is 2.35 bits per heavy atom. The number of thiophene rings is 1. The van der Waals surface area contributed by atoms with E-state index in [9.17, 15) is 18.8 Å². The number of hydrogen-bond acceptors (Lipinski definition) is 5. The van der Waals surface area contributed by atoms with Crippen molar-refractivity contribution >= 4 is 34.6 Å². The molecule has 1 aliphatic heterocycles. The molecule has 0 atom stereocenters. The Morgan fingerprint density at radius 1 is 1.04 bits per heavy atom. The summed E-state index contributed by atoms with van der Waals surface area (Å²) >= 11 is 1.19. The molecule has 2 amide bonds. The number of benzene rings is 1. The van der Waals surface area contributed by atoms with Crippen molar-refractivity contribution in [2.24, 2.45) is 0 Å².